The van der Waals surface area contributed by atoms with E-state index in [4.69, 9.17) is 22.1 Å². The minimum absolute atomic E-state index is 0.133. The summed E-state index contributed by atoms with van der Waals surface area (Å²) in [6.45, 7) is 1.60. The van der Waals surface area contributed by atoms with Crippen molar-refractivity contribution in [3.05, 3.63) is 24.3 Å². The Morgan fingerprint density at radius 3 is 2.45 bits per heavy atom. The summed E-state index contributed by atoms with van der Waals surface area (Å²) in [5.41, 5.74) is 6.10. The molecule has 2 rings (SSSR count). The predicted molar refractivity (Wildman–Crippen MR) is 78.0 cm³/mol. The SMILES string of the molecule is NC(CCl)=Nc1ccc(S(=O)(=O)N2CCOCC2)cc1. The highest BCUT2D eigenvalue weighted by Gasteiger charge is 2.25. The van der Waals surface area contributed by atoms with Crippen molar-refractivity contribution in [1.82, 2.24) is 4.31 Å². The lowest BCUT2D eigenvalue weighted by atomic mass is 10.3. The van der Waals surface area contributed by atoms with E-state index in [1.807, 2.05) is 0 Å². The van der Waals surface area contributed by atoms with Crippen molar-refractivity contribution < 1.29 is 13.2 Å². The first kappa shape index (κ1) is 15.2. The number of nitrogens with zero attached hydrogens (tertiary/aromatic N) is 2. The summed E-state index contributed by atoms with van der Waals surface area (Å²) in [6, 6.07) is 6.25. The first-order valence-corrected chi connectivity index (χ1v) is 8.08. The molecule has 0 saturated carbocycles. The number of amidine groups is 1. The number of alkyl halides is 1. The van der Waals surface area contributed by atoms with Gasteiger partial charge in [0.25, 0.3) is 0 Å². The Morgan fingerprint density at radius 1 is 1.30 bits per heavy atom. The third-order valence-electron chi connectivity index (χ3n) is 2.85. The summed E-state index contributed by atoms with van der Waals surface area (Å²) >= 11 is 5.54. The summed E-state index contributed by atoms with van der Waals surface area (Å²) < 4.78 is 31.3. The normalized spacial score (nSPS) is 18.1. The van der Waals surface area contributed by atoms with Crippen LogP contribution in [0.15, 0.2) is 34.2 Å². The summed E-state index contributed by atoms with van der Waals surface area (Å²) in [5.74, 6) is 0.420. The molecule has 0 spiro atoms. The molecule has 6 nitrogen and oxygen atoms in total. The zero-order valence-corrected chi connectivity index (χ0v) is 12.4. The Balaban J connectivity index is 2.20. The van der Waals surface area contributed by atoms with Gasteiger partial charge in [0, 0.05) is 13.1 Å². The monoisotopic (exact) mass is 317 g/mol. The van der Waals surface area contributed by atoms with E-state index in [1.165, 1.54) is 16.4 Å². The maximum absolute atomic E-state index is 12.4. The van der Waals surface area contributed by atoms with Crippen molar-refractivity contribution in [3.8, 4) is 0 Å². The second-order valence-corrected chi connectivity index (χ2v) is 6.45. The molecule has 1 saturated heterocycles. The largest absolute Gasteiger partial charge is 0.386 e. The van der Waals surface area contributed by atoms with Crippen LogP contribution in [-0.4, -0.2) is 50.7 Å². The second kappa shape index (κ2) is 6.53. The molecule has 1 aliphatic heterocycles. The lowest BCUT2D eigenvalue weighted by Crippen LogP contribution is -2.40. The van der Waals surface area contributed by atoms with Gasteiger partial charge in [-0.3, -0.25) is 0 Å². The molecular weight excluding hydrogens is 302 g/mol. The third kappa shape index (κ3) is 3.49. The van der Waals surface area contributed by atoms with E-state index in [0.29, 0.717) is 32.0 Å². The van der Waals surface area contributed by atoms with E-state index in [2.05, 4.69) is 4.99 Å². The molecule has 0 aliphatic carbocycles. The van der Waals surface area contributed by atoms with Crippen LogP contribution in [0, 0.1) is 0 Å². The number of hydrogen-bond donors (Lipinski definition) is 1. The highest BCUT2D eigenvalue weighted by Crippen LogP contribution is 2.20. The van der Waals surface area contributed by atoms with Gasteiger partial charge in [0.2, 0.25) is 10.0 Å². The summed E-state index contributed by atoms with van der Waals surface area (Å²) in [5, 5.41) is 0. The zero-order chi connectivity index (χ0) is 14.6. The highest BCUT2D eigenvalue weighted by atomic mass is 35.5. The molecule has 0 atom stereocenters. The Bertz CT molecular complexity index is 580. The molecule has 2 N–H and O–H groups in total. The van der Waals surface area contributed by atoms with Crippen molar-refractivity contribution in [2.45, 2.75) is 4.90 Å². The quantitative estimate of drug-likeness (QED) is 0.508. The molecule has 0 aromatic heterocycles. The van der Waals surface area contributed by atoms with Gasteiger partial charge in [-0.05, 0) is 24.3 Å². The second-order valence-electron chi connectivity index (χ2n) is 4.25. The molecule has 1 fully saturated rings. The molecule has 1 aromatic carbocycles. The van der Waals surface area contributed by atoms with Gasteiger partial charge < -0.3 is 10.5 Å². The lowest BCUT2D eigenvalue weighted by Gasteiger charge is -2.26. The number of hydrogen-bond acceptors (Lipinski definition) is 4. The van der Waals surface area contributed by atoms with Crippen LogP contribution in [0.2, 0.25) is 0 Å². The Hall–Kier alpha value is -1.15. The summed E-state index contributed by atoms with van der Waals surface area (Å²) in [6.07, 6.45) is 0. The molecule has 1 aromatic rings. The van der Waals surface area contributed by atoms with Crippen LogP contribution < -0.4 is 5.73 Å². The Labute approximate surface area is 123 Å². The first-order chi connectivity index (χ1) is 9.54. The molecule has 0 bridgehead atoms. The molecule has 0 radical (unpaired) electrons. The molecule has 8 heteroatoms. The van der Waals surface area contributed by atoms with Gasteiger partial charge in [-0.1, -0.05) is 0 Å². The van der Waals surface area contributed by atoms with Crippen LogP contribution in [0.25, 0.3) is 0 Å². The van der Waals surface area contributed by atoms with Crippen LogP contribution >= 0.6 is 11.6 Å². The van der Waals surface area contributed by atoms with Crippen LogP contribution in [0.5, 0.6) is 0 Å². The van der Waals surface area contributed by atoms with Crippen molar-refractivity contribution in [1.29, 1.82) is 0 Å². The van der Waals surface area contributed by atoms with Gasteiger partial charge in [-0.25, -0.2) is 13.4 Å². The fourth-order valence-electron chi connectivity index (χ4n) is 1.82. The zero-order valence-electron chi connectivity index (χ0n) is 10.8. The fourth-order valence-corrected chi connectivity index (χ4v) is 3.29. The van der Waals surface area contributed by atoms with Crippen LogP contribution in [0.4, 0.5) is 5.69 Å². The maximum Gasteiger partial charge on any atom is 0.243 e. The van der Waals surface area contributed by atoms with Crippen LogP contribution in [0.1, 0.15) is 0 Å². The number of ether oxygens (including phenoxy) is 1. The average Bonchev–Trinajstić information content (AvgIpc) is 2.48. The molecule has 0 amide bonds. The molecule has 110 valence electrons. The van der Waals surface area contributed by atoms with E-state index in [-0.39, 0.29) is 16.6 Å². The topological polar surface area (TPSA) is 85.0 Å². The van der Waals surface area contributed by atoms with Gasteiger partial charge in [0.15, 0.2) is 0 Å². The molecule has 0 unspecified atom stereocenters. The summed E-state index contributed by atoms with van der Waals surface area (Å²) in [7, 11) is -3.47. The van der Waals surface area contributed by atoms with Crippen LogP contribution in [0.3, 0.4) is 0 Å². The Morgan fingerprint density at radius 2 is 1.90 bits per heavy atom. The number of morpholine rings is 1. The standard InChI is InChI=1S/C12H16ClN3O3S/c13-9-12(14)15-10-1-3-11(4-2-10)20(17,18)16-5-7-19-8-6-16/h1-4H,5-9H2,(H2,14,15). The Kier molecular flexibility index (Phi) is 4.98. The van der Waals surface area contributed by atoms with Gasteiger partial charge in [-0.2, -0.15) is 4.31 Å². The molecule has 1 heterocycles. The van der Waals surface area contributed by atoms with E-state index in [0.717, 1.165) is 0 Å². The first-order valence-electron chi connectivity index (χ1n) is 6.11. The van der Waals surface area contributed by atoms with E-state index < -0.39 is 10.0 Å². The predicted octanol–water partition coefficient (Wildman–Crippen LogP) is 0.935. The number of halogens is 1. The van der Waals surface area contributed by atoms with E-state index >= 15 is 0 Å². The van der Waals surface area contributed by atoms with Crippen molar-refractivity contribution in [2.24, 2.45) is 10.7 Å². The minimum Gasteiger partial charge on any atom is -0.386 e. The lowest BCUT2D eigenvalue weighted by molar-refractivity contribution is 0.0730. The van der Waals surface area contributed by atoms with Gasteiger partial charge >= 0.3 is 0 Å². The third-order valence-corrected chi connectivity index (χ3v) is 5.04. The van der Waals surface area contributed by atoms with Crippen molar-refractivity contribution in [2.75, 3.05) is 32.2 Å². The number of rotatable bonds is 4. The minimum atomic E-state index is -3.47. The van der Waals surface area contributed by atoms with Crippen molar-refractivity contribution >= 4 is 33.1 Å². The highest BCUT2D eigenvalue weighted by molar-refractivity contribution is 7.89. The number of aliphatic imine (C=N–C) groups is 1. The van der Waals surface area contributed by atoms with Crippen molar-refractivity contribution in [3.63, 3.8) is 0 Å². The number of nitrogens with two attached hydrogens (primary N) is 1. The molecule has 1 aliphatic rings. The smallest absolute Gasteiger partial charge is 0.243 e. The van der Waals surface area contributed by atoms with Gasteiger partial charge in [-0.15, -0.1) is 11.6 Å². The number of benzene rings is 1. The molecular formula is C12H16ClN3O3S. The average molecular weight is 318 g/mol. The van der Waals surface area contributed by atoms with Gasteiger partial charge in [0.05, 0.1) is 29.7 Å². The number of sulfonamides is 1. The molecule has 20 heavy (non-hydrogen) atoms. The fraction of sp³-hybridized carbons (Fsp3) is 0.417. The van der Waals surface area contributed by atoms with Crippen LogP contribution in [-0.2, 0) is 14.8 Å². The summed E-state index contributed by atoms with van der Waals surface area (Å²) in [4.78, 5) is 4.29. The van der Waals surface area contributed by atoms with Gasteiger partial charge in [0.1, 0.15) is 5.84 Å². The van der Waals surface area contributed by atoms with E-state index in [9.17, 15) is 8.42 Å². The maximum atomic E-state index is 12.4. The van der Waals surface area contributed by atoms with E-state index in [1.54, 1.807) is 12.1 Å².